The highest BCUT2D eigenvalue weighted by Crippen LogP contribution is 2.27. The maximum Gasteiger partial charge on any atom is 0.0705 e. The van der Waals surface area contributed by atoms with Gasteiger partial charge < -0.3 is 5.73 Å². The van der Waals surface area contributed by atoms with Crippen LogP contribution in [0.2, 0.25) is 0 Å². The van der Waals surface area contributed by atoms with Gasteiger partial charge in [0.2, 0.25) is 0 Å². The quantitative estimate of drug-likeness (QED) is 0.675. The summed E-state index contributed by atoms with van der Waals surface area (Å²) in [6.07, 6.45) is 0. The highest BCUT2D eigenvalue weighted by atomic mass is 127. The number of aromatic nitrogens is 1. The van der Waals surface area contributed by atoms with Crippen molar-refractivity contribution in [2.45, 2.75) is 13.0 Å². The Bertz CT molecular complexity index is 736. The molecule has 0 radical (unpaired) electrons. The van der Waals surface area contributed by atoms with Gasteiger partial charge in [0.1, 0.15) is 0 Å². The first-order valence-corrected chi connectivity index (χ1v) is 7.96. The summed E-state index contributed by atoms with van der Waals surface area (Å²) in [7, 11) is 0. The second-order valence-corrected chi connectivity index (χ2v) is 7.37. The molecule has 2 N–H and O–H groups in total. The summed E-state index contributed by atoms with van der Waals surface area (Å²) in [4.78, 5) is 4.51. The number of halogens is 1. The van der Waals surface area contributed by atoms with Gasteiger partial charge in [-0.1, -0.05) is 12.1 Å². The van der Waals surface area contributed by atoms with E-state index in [-0.39, 0.29) is 6.04 Å². The summed E-state index contributed by atoms with van der Waals surface area (Å²) in [6.45, 7) is 2.01. The van der Waals surface area contributed by atoms with Crippen LogP contribution in [0.15, 0.2) is 41.8 Å². The molecule has 0 aliphatic rings. The maximum absolute atomic E-state index is 6.33. The van der Waals surface area contributed by atoms with Crippen molar-refractivity contribution in [3.05, 3.63) is 61.5 Å². The van der Waals surface area contributed by atoms with Crippen LogP contribution in [0.4, 0.5) is 0 Å². The van der Waals surface area contributed by atoms with Crippen molar-refractivity contribution in [3.63, 3.8) is 0 Å². The number of benzene rings is 1. The van der Waals surface area contributed by atoms with E-state index in [0.717, 1.165) is 22.2 Å². The Balaban J connectivity index is 2.03. The Morgan fingerprint density at radius 2 is 2.00 bits per heavy atom. The molecule has 3 aromatic rings. The van der Waals surface area contributed by atoms with Gasteiger partial charge >= 0.3 is 0 Å². The molecule has 2 nitrogen and oxygen atoms in total. The van der Waals surface area contributed by atoms with E-state index < -0.39 is 0 Å². The molecule has 1 aromatic carbocycles. The Hall–Kier alpha value is -0.980. The molecular formula is C15H13IN2S. The van der Waals surface area contributed by atoms with Crippen LogP contribution >= 0.6 is 33.9 Å². The largest absolute Gasteiger partial charge is 0.320 e. The summed E-state index contributed by atoms with van der Waals surface area (Å²) < 4.78 is 1.26. The predicted octanol–water partition coefficient (Wildman–Crippen LogP) is 4.26. The van der Waals surface area contributed by atoms with Crippen LogP contribution in [0, 0.1) is 9.81 Å². The van der Waals surface area contributed by atoms with Crippen LogP contribution < -0.4 is 5.73 Å². The number of pyridine rings is 1. The van der Waals surface area contributed by atoms with Crippen molar-refractivity contribution in [3.8, 4) is 0 Å². The van der Waals surface area contributed by atoms with Gasteiger partial charge in [0.05, 0.1) is 14.4 Å². The molecule has 1 unspecified atom stereocenters. The lowest BCUT2D eigenvalue weighted by molar-refractivity contribution is 0.878. The molecule has 0 saturated carbocycles. The molecule has 19 heavy (non-hydrogen) atoms. The second-order valence-electron chi connectivity index (χ2n) is 4.57. The van der Waals surface area contributed by atoms with E-state index in [0.29, 0.717) is 0 Å². The van der Waals surface area contributed by atoms with Gasteiger partial charge in [-0.3, -0.25) is 4.98 Å². The van der Waals surface area contributed by atoms with Crippen molar-refractivity contribution in [2.24, 2.45) is 5.73 Å². The van der Waals surface area contributed by atoms with Crippen LogP contribution in [0.1, 0.15) is 22.9 Å². The van der Waals surface area contributed by atoms with Gasteiger partial charge in [-0.05, 0) is 70.3 Å². The molecule has 2 heterocycles. The van der Waals surface area contributed by atoms with Crippen molar-refractivity contribution in [2.75, 3.05) is 0 Å². The minimum atomic E-state index is -0.0644. The summed E-state index contributed by atoms with van der Waals surface area (Å²) in [6, 6.07) is 12.5. The Morgan fingerprint density at radius 1 is 1.16 bits per heavy atom. The summed E-state index contributed by atoms with van der Waals surface area (Å²) >= 11 is 4.05. The zero-order valence-electron chi connectivity index (χ0n) is 10.4. The van der Waals surface area contributed by atoms with Crippen molar-refractivity contribution < 1.29 is 0 Å². The second kappa shape index (κ2) is 5.19. The van der Waals surface area contributed by atoms with Crippen molar-refractivity contribution in [1.82, 2.24) is 4.98 Å². The molecule has 4 heteroatoms. The van der Waals surface area contributed by atoms with Gasteiger partial charge in [-0.25, -0.2) is 0 Å². The zero-order chi connectivity index (χ0) is 13.4. The fraction of sp³-hybridized carbons (Fsp3) is 0.133. The van der Waals surface area contributed by atoms with Gasteiger partial charge in [0.15, 0.2) is 0 Å². The first-order valence-electron chi connectivity index (χ1n) is 6.00. The lowest BCUT2D eigenvalue weighted by atomic mass is 10.0. The number of hydrogen-bond donors (Lipinski definition) is 1. The van der Waals surface area contributed by atoms with E-state index in [1.807, 2.05) is 13.0 Å². The molecule has 0 spiro atoms. The monoisotopic (exact) mass is 380 g/mol. The lowest BCUT2D eigenvalue weighted by Crippen LogP contribution is -2.10. The molecule has 0 amide bonds. The molecule has 1 atom stereocenters. The fourth-order valence-electron chi connectivity index (χ4n) is 2.12. The van der Waals surface area contributed by atoms with E-state index in [1.165, 1.54) is 8.45 Å². The first-order chi connectivity index (χ1) is 9.13. The molecule has 0 saturated heterocycles. The van der Waals surface area contributed by atoms with E-state index in [4.69, 9.17) is 5.73 Å². The minimum Gasteiger partial charge on any atom is -0.320 e. The third-order valence-corrected chi connectivity index (χ3v) is 4.97. The Morgan fingerprint density at radius 3 is 2.74 bits per heavy atom. The van der Waals surface area contributed by atoms with Gasteiger partial charge in [-0.2, -0.15) is 0 Å². The number of rotatable bonds is 2. The van der Waals surface area contributed by atoms with E-state index in [9.17, 15) is 0 Å². The van der Waals surface area contributed by atoms with Gasteiger partial charge in [-0.15, -0.1) is 11.3 Å². The first kappa shape index (κ1) is 13.0. The van der Waals surface area contributed by atoms with E-state index in [2.05, 4.69) is 63.3 Å². The molecule has 0 fully saturated rings. The van der Waals surface area contributed by atoms with Gasteiger partial charge in [0.25, 0.3) is 0 Å². The number of hydrogen-bond acceptors (Lipinski definition) is 3. The molecule has 0 aliphatic carbocycles. The number of thiophene rings is 1. The average Bonchev–Trinajstić information content (AvgIpc) is 2.84. The molecule has 0 aliphatic heterocycles. The Kier molecular flexibility index (Phi) is 3.56. The topological polar surface area (TPSA) is 38.9 Å². The van der Waals surface area contributed by atoms with Crippen molar-refractivity contribution >= 4 is 44.8 Å². The van der Waals surface area contributed by atoms with Crippen molar-refractivity contribution in [1.29, 1.82) is 0 Å². The smallest absolute Gasteiger partial charge is 0.0705 e. The molecule has 2 aromatic heterocycles. The van der Waals surface area contributed by atoms with Crippen LogP contribution in [-0.2, 0) is 0 Å². The fourth-order valence-corrected chi connectivity index (χ4v) is 3.53. The minimum absolute atomic E-state index is 0.0644. The van der Waals surface area contributed by atoms with Crippen LogP contribution in [0.3, 0.4) is 0 Å². The molecule has 3 rings (SSSR count). The lowest BCUT2D eigenvalue weighted by Gasteiger charge is -2.11. The third-order valence-electron chi connectivity index (χ3n) is 3.16. The molecule has 0 bridgehead atoms. The van der Waals surface area contributed by atoms with E-state index >= 15 is 0 Å². The van der Waals surface area contributed by atoms with Crippen LogP contribution in [-0.4, -0.2) is 4.98 Å². The van der Waals surface area contributed by atoms with Crippen LogP contribution in [0.25, 0.3) is 10.9 Å². The van der Waals surface area contributed by atoms with Gasteiger partial charge in [0, 0.05) is 11.1 Å². The maximum atomic E-state index is 6.33. The normalized spacial score (nSPS) is 12.8. The highest BCUT2D eigenvalue weighted by Gasteiger charge is 2.11. The average molecular weight is 380 g/mol. The summed E-state index contributed by atoms with van der Waals surface area (Å²) in [5.74, 6) is 0. The highest BCUT2D eigenvalue weighted by molar-refractivity contribution is 14.1. The summed E-state index contributed by atoms with van der Waals surface area (Å²) in [5.41, 5.74) is 10.7. The number of fused-ring (bicyclic) bond motifs is 1. The van der Waals surface area contributed by atoms with E-state index in [1.54, 1.807) is 11.3 Å². The predicted molar refractivity (Wildman–Crippen MR) is 89.5 cm³/mol. The standard InChI is InChI=1S/C15H13IN2S/c1-9-2-3-10-6-11(4-5-13(10)18-9)15(17)12-7-14(16)19-8-12/h2-8,15H,17H2,1H3. The SMILES string of the molecule is Cc1ccc2cc(C(N)c3csc(I)c3)ccc2n1. The van der Waals surface area contributed by atoms with Crippen LogP contribution in [0.5, 0.6) is 0 Å². The zero-order valence-corrected chi connectivity index (χ0v) is 13.4. The molecule has 96 valence electrons. The number of aryl methyl sites for hydroxylation is 1. The Labute approximate surface area is 129 Å². The number of nitrogens with zero attached hydrogens (tertiary/aromatic N) is 1. The third kappa shape index (κ3) is 2.66. The number of nitrogens with two attached hydrogens (primary N) is 1. The summed E-state index contributed by atoms with van der Waals surface area (Å²) in [5, 5.41) is 3.27. The molecular weight excluding hydrogens is 367 g/mol.